The number of nitrogens with one attached hydrogen (secondary N) is 2. The van der Waals surface area contributed by atoms with Gasteiger partial charge in [0.25, 0.3) is 0 Å². The lowest BCUT2D eigenvalue weighted by Crippen LogP contribution is -2.50. The van der Waals surface area contributed by atoms with Crippen LogP contribution >= 0.6 is 15.9 Å². The monoisotopic (exact) mass is 266 g/mol. The molecule has 3 nitrogen and oxygen atoms in total. The van der Waals surface area contributed by atoms with E-state index in [1.165, 1.54) is 5.39 Å². The molecule has 78 valence electrons. The maximum atomic E-state index is 5.74. The van der Waals surface area contributed by atoms with Crippen molar-refractivity contribution in [3.63, 3.8) is 0 Å². The Labute approximate surface area is 95.9 Å². The Hall–Kier alpha value is -1.00. The van der Waals surface area contributed by atoms with Gasteiger partial charge in [-0.15, -0.1) is 0 Å². The smallest absolute Gasteiger partial charge is 0.192 e. The molecule has 3 rings (SSSR count). The number of aromatic nitrogens is 1. The number of hydrogen-bond donors (Lipinski definition) is 2. The summed E-state index contributed by atoms with van der Waals surface area (Å²) in [5.41, 5.74) is 1.11. The van der Waals surface area contributed by atoms with Gasteiger partial charge >= 0.3 is 0 Å². The summed E-state index contributed by atoms with van der Waals surface area (Å²) < 4.78 is 6.83. The first-order valence-corrected chi connectivity index (χ1v) is 5.76. The lowest BCUT2D eigenvalue weighted by molar-refractivity contribution is 0.137. The Morgan fingerprint density at radius 3 is 2.87 bits per heavy atom. The van der Waals surface area contributed by atoms with E-state index in [1.54, 1.807) is 0 Å². The van der Waals surface area contributed by atoms with E-state index in [0.717, 1.165) is 29.0 Å². The van der Waals surface area contributed by atoms with Crippen molar-refractivity contribution in [1.29, 1.82) is 0 Å². The maximum Gasteiger partial charge on any atom is 0.192 e. The number of benzene rings is 1. The van der Waals surface area contributed by atoms with Crippen LogP contribution in [-0.4, -0.2) is 24.2 Å². The fourth-order valence-electron chi connectivity index (χ4n) is 1.67. The van der Waals surface area contributed by atoms with Crippen LogP contribution < -0.4 is 10.1 Å². The SMILES string of the molecule is Brc1ccc2[nH]c(OC3CNC3)cc2c1. The number of rotatable bonds is 2. The van der Waals surface area contributed by atoms with Crippen LogP contribution in [0.1, 0.15) is 0 Å². The molecule has 15 heavy (non-hydrogen) atoms. The average Bonchev–Trinajstić information content (AvgIpc) is 2.53. The molecule has 4 heteroatoms. The minimum atomic E-state index is 0.321. The van der Waals surface area contributed by atoms with Crippen LogP contribution in [0.5, 0.6) is 5.88 Å². The Balaban J connectivity index is 1.91. The van der Waals surface area contributed by atoms with Crippen LogP contribution in [0.15, 0.2) is 28.7 Å². The van der Waals surface area contributed by atoms with Gasteiger partial charge in [0.15, 0.2) is 5.88 Å². The second-order valence-corrected chi connectivity index (χ2v) is 4.68. The van der Waals surface area contributed by atoms with E-state index in [4.69, 9.17) is 4.74 Å². The van der Waals surface area contributed by atoms with Crippen molar-refractivity contribution in [3.05, 3.63) is 28.7 Å². The molecular formula is C11H11BrN2O. The molecule has 1 saturated heterocycles. The number of hydrogen-bond acceptors (Lipinski definition) is 2. The zero-order chi connectivity index (χ0) is 10.3. The molecule has 2 N–H and O–H groups in total. The van der Waals surface area contributed by atoms with Crippen LogP contribution in [0, 0.1) is 0 Å². The summed E-state index contributed by atoms with van der Waals surface area (Å²) in [6.45, 7) is 1.89. The van der Waals surface area contributed by atoms with Crippen LogP contribution in [-0.2, 0) is 0 Å². The minimum Gasteiger partial charge on any atom is -0.473 e. The van der Waals surface area contributed by atoms with Gasteiger partial charge in [-0.1, -0.05) is 15.9 Å². The van der Waals surface area contributed by atoms with Gasteiger partial charge in [-0.3, -0.25) is 0 Å². The summed E-state index contributed by atoms with van der Waals surface area (Å²) in [7, 11) is 0. The first-order valence-electron chi connectivity index (χ1n) is 4.97. The van der Waals surface area contributed by atoms with Gasteiger partial charge in [0.05, 0.1) is 0 Å². The van der Waals surface area contributed by atoms with Gasteiger partial charge in [0.2, 0.25) is 0 Å². The van der Waals surface area contributed by atoms with Crippen molar-refractivity contribution in [1.82, 2.24) is 10.3 Å². The van der Waals surface area contributed by atoms with Crippen molar-refractivity contribution < 1.29 is 4.74 Å². The average molecular weight is 267 g/mol. The first kappa shape index (κ1) is 9.24. The standard InChI is InChI=1S/C11H11BrN2O/c12-8-1-2-10-7(3-8)4-11(14-10)15-9-5-13-6-9/h1-4,9,13-14H,5-6H2. The molecule has 0 bridgehead atoms. The number of H-pyrrole nitrogens is 1. The topological polar surface area (TPSA) is 37.0 Å². The molecule has 0 amide bonds. The summed E-state index contributed by atoms with van der Waals surface area (Å²) in [5.74, 6) is 0.856. The molecule has 2 aromatic rings. The molecule has 0 aliphatic carbocycles. The molecule has 0 radical (unpaired) electrons. The molecule has 0 spiro atoms. The number of halogens is 1. The molecule has 0 unspecified atom stereocenters. The fraction of sp³-hybridized carbons (Fsp3) is 0.273. The zero-order valence-corrected chi connectivity index (χ0v) is 9.67. The quantitative estimate of drug-likeness (QED) is 0.875. The number of ether oxygens (including phenoxy) is 1. The van der Waals surface area contributed by atoms with E-state index in [2.05, 4.69) is 32.3 Å². The largest absolute Gasteiger partial charge is 0.473 e. The van der Waals surface area contributed by atoms with E-state index in [1.807, 2.05) is 18.2 Å². The van der Waals surface area contributed by atoms with E-state index in [-0.39, 0.29) is 0 Å². The van der Waals surface area contributed by atoms with E-state index < -0.39 is 0 Å². The molecule has 1 aliphatic heterocycles. The number of fused-ring (bicyclic) bond motifs is 1. The highest BCUT2D eigenvalue weighted by Crippen LogP contribution is 2.24. The third kappa shape index (κ3) is 1.75. The Bertz CT molecular complexity index is 490. The highest BCUT2D eigenvalue weighted by atomic mass is 79.9. The fourth-order valence-corrected chi connectivity index (χ4v) is 2.04. The third-order valence-corrected chi connectivity index (χ3v) is 3.09. The summed E-state index contributed by atoms with van der Waals surface area (Å²) >= 11 is 3.45. The predicted molar refractivity (Wildman–Crippen MR) is 63.3 cm³/mol. The van der Waals surface area contributed by atoms with Gasteiger partial charge in [-0.2, -0.15) is 0 Å². The third-order valence-electron chi connectivity index (χ3n) is 2.60. The van der Waals surface area contributed by atoms with Crippen LogP contribution in [0.3, 0.4) is 0 Å². The molecule has 1 aromatic carbocycles. The maximum absolute atomic E-state index is 5.74. The molecule has 1 aliphatic rings. The zero-order valence-electron chi connectivity index (χ0n) is 8.09. The molecule has 1 aromatic heterocycles. The van der Waals surface area contributed by atoms with E-state index >= 15 is 0 Å². The Kier molecular flexibility index (Phi) is 2.18. The van der Waals surface area contributed by atoms with Crippen molar-refractivity contribution in [2.24, 2.45) is 0 Å². The minimum absolute atomic E-state index is 0.321. The molecule has 0 atom stereocenters. The normalized spacial score (nSPS) is 16.6. The Morgan fingerprint density at radius 1 is 1.27 bits per heavy atom. The van der Waals surface area contributed by atoms with Crippen LogP contribution in [0.2, 0.25) is 0 Å². The van der Waals surface area contributed by atoms with Gasteiger partial charge in [0.1, 0.15) is 6.10 Å². The summed E-state index contributed by atoms with van der Waals surface area (Å²) in [6, 6.07) is 8.19. The van der Waals surface area contributed by atoms with Gasteiger partial charge in [0, 0.05) is 34.5 Å². The first-order chi connectivity index (χ1) is 7.31. The summed E-state index contributed by atoms with van der Waals surface area (Å²) in [6.07, 6.45) is 0.321. The predicted octanol–water partition coefficient (Wildman–Crippen LogP) is 2.28. The van der Waals surface area contributed by atoms with Crippen LogP contribution in [0.25, 0.3) is 10.9 Å². The van der Waals surface area contributed by atoms with Crippen molar-refractivity contribution in [3.8, 4) is 5.88 Å². The van der Waals surface area contributed by atoms with Crippen molar-refractivity contribution in [2.45, 2.75) is 6.10 Å². The highest BCUT2D eigenvalue weighted by Gasteiger charge is 2.18. The van der Waals surface area contributed by atoms with Gasteiger partial charge in [-0.25, -0.2) is 0 Å². The van der Waals surface area contributed by atoms with Crippen molar-refractivity contribution >= 4 is 26.8 Å². The molecule has 1 fully saturated rings. The second kappa shape index (κ2) is 3.54. The van der Waals surface area contributed by atoms with E-state index in [9.17, 15) is 0 Å². The van der Waals surface area contributed by atoms with Gasteiger partial charge in [-0.05, 0) is 18.2 Å². The number of aromatic amines is 1. The van der Waals surface area contributed by atoms with Gasteiger partial charge < -0.3 is 15.0 Å². The van der Waals surface area contributed by atoms with E-state index in [0.29, 0.717) is 6.10 Å². The molecule has 2 heterocycles. The molecule has 0 saturated carbocycles. The Morgan fingerprint density at radius 2 is 2.13 bits per heavy atom. The van der Waals surface area contributed by atoms with Crippen molar-refractivity contribution in [2.75, 3.05) is 13.1 Å². The summed E-state index contributed by atoms with van der Waals surface area (Å²) in [5, 5.41) is 4.35. The molecular weight excluding hydrogens is 256 g/mol. The summed E-state index contributed by atoms with van der Waals surface area (Å²) in [4.78, 5) is 3.25. The highest BCUT2D eigenvalue weighted by molar-refractivity contribution is 9.10. The van der Waals surface area contributed by atoms with Crippen LogP contribution in [0.4, 0.5) is 0 Å². The lowest BCUT2D eigenvalue weighted by Gasteiger charge is -2.26. The lowest BCUT2D eigenvalue weighted by atomic mass is 10.2. The second-order valence-electron chi connectivity index (χ2n) is 3.76.